The highest BCUT2D eigenvalue weighted by Gasteiger charge is 2.22. The van der Waals surface area contributed by atoms with Crippen LogP contribution in [0.15, 0.2) is 292 Å². The van der Waals surface area contributed by atoms with Gasteiger partial charge in [0, 0.05) is 101 Å². The van der Waals surface area contributed by atoms with Crippen molar-refractivity contribution in [2.45, 2.75) is 0 Å². The Bertz CT molecular complexity index is 4660. The van der Waals surface area contributed by atoms with Crippen LogP contribution in [0.1, 0.15) is 0 Å². The van der Waals surface area contributed by atoms with Gasteiger partial charge in [-0.1, -0.05) is 158 Å². The standard InChI is InChI=1S/C74H48N8/c1-3-17-59-51(15-1)45-75-47-71(59)79(55-37-41-57(42-38-55)81-67-25-11-5-19-61(67)62-20-6-12-26-68(62)81)53-33-29-49(30-34-53)73-74(78-66-24-10-9-23-65(66)77-73)50-31-35-54(36-32-50)80(72-48-76-46-52-16-2-4-18-60(52)72)56-39-43-58(44-40-56)82-69-27-13-7-21-63(69)64-22-8-14-28-70(64)82/h1-48H. The summed E-state index contributed by atoms with van der Waals surface area (Å²) in [6, 6.07) is 94.7. The molecule has 0 spiro atoms. The van der Waals surface area contributed by atoms with E-state index in [0.29, 0.717) is 0 Å². The first-order valence-corrected chi connectivity index (χ1v) is 27.6. The third kappa shape index (κ3) is 7.76. The third-order valence-electron chi connectivity index (χ3n) is 16.0. The van der Waals surface area contributed by atoms with Gasteiger partial charge in [-0.25, -0.2) is 9.97 Å². The minimum atomic E-state index is 0.794. The maximum absolute atomic E-state index is 5.38. The normalized spacial score (nSPS) is 11.7. The summed E-state index contributed by atoms with van der Waals surface area (Å²) < 4.78 is 4.71. The van der Waals surface area contributed by atoms with E-state index in [-0.39, 0.29) is 0 Å². The average Bonchev–Trinajstić information content (AvgIpc) is 4.18. The zero-order valence-electron chi connectivity index (χ0n) is 44.3. The van der Waals surface area contributed by atoms with Crippen molar-refractivity contribution < 1.29 is 0 Å². The van der Waals surface area contributed by atoms with E-state index in [0.717, 1.165) is 101 Å². The van der Waals surface area contributed by atoms with E-state index in [1.54, 1.807) is 0 Å². The molecule has 8 nitrogen and oxygen atoms in total. The fourth-order valence-electron chi connectivity index (χ4n) is 12.3. The van der Waals surface area contributed by atoms with Gasteiger partial charge in [0.25, 0.3) is 0 Å². The maximum Gasteiger partial charge on any atom is 0.0973 e. The first-order chi connectivity index (χ1) is 40.7. The van der Waals surface area contributed by atoms with Crippen LogP contribution in [0.3, 0.4) is 0 Å². The van der Waals surface area contributed by atoms with Crippen LogP contribution < -0.4 is 9.80 Å². The van der Waals surface area contributed by atoms with E-state index < -0.39 is 0 Å². The van der Waals surface area contributed by atoms with Crippen molar-refractivity contribution in [3.63, 3.8) is 0 Å². The Balaban J connectivity index is 0.786. The largest absolute Gasteiger partial charge is 0.309 e. The molecule has 16 aromatic rings. The topological polar surface area (TPSA) is 67.9 Å². The van der Waals surface area contributed by atoms with Crippen molar-refractivity contribution in [1.29, 1.82) is 0 Å². The van der Waals surface area contributed by atoms with E-state index in [1.165, 1.54) is 43.6 Å². The molecule has 0 atom stereocenters. The zero-order valence-corrected chi connectivity index (χ0v) is 44.3. The quantitative estimate of drug-likeness (QED) is 0.136. The Morgan fingerprint density at radius 2 is 0.549 bits per heavy atom. The van der Waals surface area contributed by atoms with Gasteiger partial charge in [0.05, 0.1) is 68.3 Å². The van der Waals surface area contributed by atoms with Gasteiger partial charge in [-0.2, -0.15) is 0 Å². The van der Waals surface area contributed by atoms with Crippen molar-refractivity contribution in [3.8, 4) is 33.9 Å². The van der Waals surface area contributed by atoms with E-state index in [1.807, 2.05) is 49.1 Å². The molecular formula is C74H48N8. The number of benzene rings is 11. The second-order valence-corrected chi connectivity index (χ2v) is 20.7. The monoisotopic (exact) mass is 1050 g/mol. The summed E-state index contributed by atoms with van der Waals surface area (Å²) in [6.45, 7) is 0. The molecular weight excluding hydrogens is 1000 g/mol. The molecule has 5 heterocycles. The summed E-state index contributed by atoms with van der Waals surface area (Å²) in [4.78, 5) is 24.9. The van der Waals surface area contributed by atoms with Crippen LogP contribution in [0, 0.1) is 0 Å². The van der Waals surface area contributed by atoms with E-state index in [2.05, 4.69) is 262 Å². The van der Waals surface area contributed by atoms with Crippen LogP contribution in [0.4, 0.5) is 34.1 Å². The van der Waals surface area contributed by atoms with Crippen LogP contribution in [0.25, 0.3) is 110 Å². The van der Waals surface area contributed by atoms with Crippen LogP contribution >= 0.6 is 0 Å². The molecule has 0 radical (unpaired) electrons. The summed E-state index contributed by atoms with van der Waals surface area (Å²) in [5.74, 6) is 0. The van der Waals surface area contributed by atoms with Gasteiger partial charge in [0.1, 0.15) is 0 Å². The number of hydrogen-bond donors (Lipinski definition) is 0. The van der Waals surface area contributed by atoms with E-state index >= 15 is 0 Å². The number of hydrogen-bond acceptors (Lipinski definition) is 6. The van der Waals surface area contributed by atoms with Gasteiger partial charge in [0.2, 0.25) is 0 Å². The fraction of sp³-hybridized carbons (Fsp3) is 0. The van der Waals surface area contributed by atoms with Crippen molar-refractivity contribution in [2.75, 3.05) is 9.80 Å². The van der Waals surface area contributed by atoms with Crippen LogP contribution in [-0.4, -0.2) is 29.1 Å². The van der Waals surface area contributed by atoms with Gasteiger partial charge in [-0.3, -0.25) is 9.97 Å². The van der Waals surface area contributed by atoms with E-state index in [4.69, 9.17) is 19.9 Å². The van der Waals surface area contributed by atoms with Gasteiger partial charge < -0.3 is 18.9 Å². The Labute approximate surface area is 472 Å². The highest BCUT2D eigenvalue weighted by Crippen LogP contribution is 2.44. The first kappa shape index (κ1) is 46.8. The maximum atomic E-state index is 5.38. The van der Waals surface area contributed by atoms with Crippen LogP contribution in [0.5, 0.6) is 0 Å². The number of aromatic nitrogens is 6. The predicted octanol–water partition coefficient (Wildman–Crippen LogP) is 19.2. The lowest BCUT2D eigenvalue weighted by atomic mass is 10.0. The number of para-hydroxylation sites is 6. The summed E-state index contributed by atoms with van der Waals surface area (Å²) in [6.07, 6.45) is 7.80. The SMILES string of the molecule is c1ccc2c(N(c3ccc(-c4nc5ccccc5nc4-c4ccc(N(c5ccc(-n6c7ccccc7c7ccccc76)cc5)c5cncc6ccccc56)cc4)cc3)c3ccc(-n4c5ccccc5c5ccccc54)cc3)cncc2c1. The molecule has 384 valence electrons. The highest BCUT2D eigenvalue weighted by molar-refractivity contribution is 6.10. The summed E-state index contributed by atoms with van der Waals surface area (Å²) in [7, 11) is 0. The molecule has 0 saturated heterocycles. The predicted molar refractivity (Wildman–Crippen MR) is 339 cm³/mol. The van der Waals surface area contributed by atoms with Crippen molar-refractivity contribution in [1.82, 2.24) is 29.1 Å². The van der Waals surface area contributed by atoms with Crippen molar-refractivity contribution in [2.24, 2.45) is 0 Å². The van der Waals surface area contributed by atoms with Gasteiger partial charge >= 0.3 is 0 Å². The number of anilines is 6. The minimum absolute atomic E-state index is 0.794. The molecule has 0 amide bonds. The second-order valence-electron chi connectivity index (χ2n) is 20.7. The smallest absolute Gasteiger partial charge is 0.0973 e. The van der Waals surface area contributed by atoms with Crippen LogP contribution in [-0.2, 0) is 0 Å². The zero-order chi connectivity index (χ0) is 54.1. The summed E-state index contributed by atoms with van der Waals surface area (Å²) in [5.41, 5.74) is 18.0. The molecule has 0 fully saturated rings. The lowest BCUT2D eigenvalue weighted by Gasteiger charge is -2.27. The summed E-state index contributed by atoms with van der Waals surface area (Å²) >= 11 is 0. The molecule has 8 heteroatoms. The molecule has 0 bridgehead atoms. The average molecular weight is 1050 g/mol. The Morgan fingerprint density at radius 3 is 0.902 bits per heavy atom. The van der Waals surface area contributed by atoms with Gasteiger partial charge in [-0.05, 0) is 109 Å². The lowest BCUT2D eigenvalue weighted by Crippen LogP contribution is -2.11. The summed E-state index contributed by atoms with van der Waals surface area (Å²) in [5, 5.41) is 9.27. The molecule has 5 aromatic heterocycles. The lowest BCUT2D eigenvalue weighted by molar-refractivity contribution is 1.17. The van der Waals surface area contributed by atoms with Crippen LogP contribution in [0.2, 0.25) is 0 Å². The third-order valence-corrected chi connectivity index (χ3v) is 16.0. The Morgan fingerprint density at radius 1 is 0.256 bits per heavy atom. The molecule has 0 saturated carbocycles. The Hall–Kier alpha value is -11.2. The molecule has 0 unspecified atom stereocenters. The molecule has 0 N–H and O–H groups in total. The van der Waals surface area contributed by atoms with Crippen molar-refractivity contribution >= 4 is 110 Å². The first-order valence-electron chi connectivity index (χ1n) is 27.6. The number of pyridine rings is 2. The number of fused-ring (bicyclic) bond motifs is 9. The fourth-order valence-corrected chi connectivity index (χ4v) is 12.3. The van der Waals surface area contributed by atoms with Gasteiger partial charge in [0.15, 0.2) is 0 Å². The molecule has 16 rings (SSSR count). The van der Waals surface area contributed by atoms with Gasteiger partial charge in [-0.15, -0.1) is 0 Å². The highest BCUT2D eigenvalue weighted by atomic mass is 15.2. The minimum Gasteiger partial charge on any atom is -0.309 e. The second kappa shape index (κ2) is 19.3. The molecule has 0 aliphatic heterocycles. The van der Waals surface area contributed by atoms with Crippen molar-refractivity contribution in [3.05, 3.63) is 292 Å². The van der Waals surface area contributed by atoms with E-state index in [9.17, 15) is 0 Å². The number of rotatable bonds is 10. The number of nitrogens with zero attached hydrogens (tertiary/aromatic N) is 8. The molecule has 0 aliphatic rings. The molecule has 11 aromatic carbocycles. The Kier molecular flexibility index (Phi) is 11.0. The molecule has 0 aliphatic carbocycles. The molecule has 82 heavy (non-hydrogen) atoms.